The summed E-state index contributed by atoms with van der Waals surface area (Å²) in [6.07, 6.45) is 4.88. The third kappa shape index (κ3) is 2.76. The molecule has 0 aromatic heterocycles. The van der Waals surface area contributed by atoms with E-state index in [-0.39, 0.29) is 24.4 Å². The van der Waals surface area contributed by atoms with E-state index >= 15 is 0 Å². The van der Waals surface area contributed by atoms with Crippen LogP contribution in [0.5, 0.6) is 0 Å². The normalized spacial score (nSPS) is 30.7. The van der Waals surface area contributed by atoms with E-state index in [1.165, 1.54) is 0 Å². The second-order valence-corrected chi connectivity index (χ2v) is 6.17. The van der Waals surface area contributed by atoms with Gasteiger partial charge in [0.25, 0.3) is 0 Å². The number of hydrogen-bond acceptors (Lipinski definition) is 3. The van der Waals surface area contributed by atoms with Gasteiger partial charge in [0.05, 0.1) is 12.0 Å². The van der Waals surface area contributed by atoms with Crippen LogP contribution in [-0.2, 0) is 9.59 Å². The summed E-state index contributed by atoms with van der Waals surface area (Å²) < 4.78 is 0. The lowest BCUT2D eigenvalue weighted by molar-refractivity contribution is -0.145. The van der Waals surface area contributed by atoms with Gasteiger partial charge in [0.2, 0.25) is 11.8 Å². The van der Waals surface area contributed by atoms with Gasteiger partial charge in [0.15, 0.2) is 0 Å². The molecule has 1 aliphatic heterocycles. The molecular formula is C14H25N3O2. The molecule has 2 N–H and O–H groups in total. The lowest BCUT2D eigenvalue weighted by atomic mass is 9.83. The molecule has 0 radical (unpaired) electrons. The molecule has 2 unspecified atom stereocenters. The number of carbonyl (C=O) groups is 2. The van der Waals surface area contributed by atoms with Crippen LogP contribution in [-0.4, -0.2) is 54.3 Å². The number of hydrogen-bond donors (Lipinski definition) is 1. The van der Waals surface area contributed by atoms with Crippen LogP contribution in [0, 0.1) is 5.41 Å². The van der Waals surface area contributed by atoms with Crippen molar-refractivity contribution in [2.24, 2.45) is 11.1 Å². The highest BCUT2D eigenvalue weighted by atomic mass is 16.2. The fraction of sp³-hybridized carbons (Fsp3) is 0.857. The number of rotatable bonds is 3. The summed E-state index contributed by atoms with van der Waals surface area (Å²) in [6, 6.07) is -0.0793. The first kappa shape index (κ1) is 14.3. The largest absolute Gasteiger partial charge is 0.341 e. The average Bonchev–Trinajstić information content (AvgIpc) is 3.00. The number of amides is 2. The molecule has 19 heavy (non-hydrogen) atoms. The molecule has 2 amide bonds. The minimum atomic E-state index is -0.486. The summed E-state index contributed by atoms with van der Waals surface area (Å²) in [6.45, 7) is 3.78. The summed E-state index contributed by atoms with van der Waals surface area (Å²) in [4.78, 5) is 28.0. The monoisotopic (exact) mass is 267 g/mol. The predicted octanol–water partition coefficient (Wildman–Crippen LogP) is 0.585. The van der Waals surface area contributed by atoms with Gasteiger partial charge in [-0.2, -0.15) is 0 Å². The molecule has 1 saturated carbocycles. The Morgan fingerprint density at radius 2 is 1.95 bits per heavy atom. The van der Waals surface area contributed by atoms with Gasteiger partial charge in [0, 0.05) is 26.2 Å². The van der Waals surface area contributed by atoms with Crippen molar-refractivity contribution in [3.05, 3.63) is 0 Å². The first-order valence-corrected chi connectivity index (χ1v) is 7.24. The van der Waals surface area contributed by atoms with Crippen molar-refractivity contribution in [2.45, 2.75) is 45.1 Å². The maximum Gasteiger partial charge on any atom is 0.242 e. The van der Waals surface area contributed by atoms with Gasteiger partial charge in [-0.05, 0) is 32.6 Å². The molecule has 2 atom stereocenters. The zero-order chi connectivity index (χ0) is 14.0. The van der Waals surface area contributed by atoms with Gasteiger partial charge in [0.1, 0.15) is 0 Å². The number of likely N-dealkylation sites (N-methyl/N-ethyl adjacent to an activating group) is 1. The summed E-state index contributed by atoms with van der Waals surface area (Å²) >= 11 is 0. The van der Waals surface area contributed by atoms with Crippen molar-refractivity contribution in [1.82, 2.24) is 9.80 Å². The van der Waals surface area contributed by atoms with Gasteiger partial charge in [-0.15, -0.1) is 0 Å². The van der Waals surface area contributed by atoms with Crippen LogP contribution in [0.15, 0.2) is 0 Å². The van der Waals surface area contributed by atoms with E-state index in [1.54, 1.807) is 11.9 Å². The van der Waals surface area contributed by atoms with Crippen molar-refractivity contribution < 1.29 is 9.59 Å². The summed E-state index contributed by atoms with van der Waals surface area (Å²) in [5.41, 5.74) is 5.58. The first-order chi connectivity index (χ1) is 8.95. The Balaban J connectivity index is 1.93. The van der Waals surface area contributed by atoms with E-state index in [1.807, 2.05) is 11.8 Å². The molecule has 0 aromatic rings. The number of nitrogens with zero attached hydrogens (tertiary/aromatic N) is 2. The van der Waals surface area contributed by atoms with Crippen LogP contribution >= 0.6 is 0 Å². The molecule has 0 bridgehead atoms. The lowest BCUT2D eigenvalue weighted by Gasteiger charge is -2.32. The highest BCUT2D eigenvalue weighted by Gasteiger charge is 2.44. The van der Waals surface area contributed by atoms with Crippen LogP contribution in [0.4, 0.5) is 0 Å². The number of likely N-dealkylation sites (tertiary alicyclic amines) is 1. The molecule has 108 valence electrons. The van der Waals surface area contributed by atoms with Crippen LogP contribution in [0.3, 0.4) is 0 Å². The quantitative estimate of drug-likeness (QED) is 0.813. The smallest absolute Gasteiger partial charge is 0.242 e. The van der Waals surface area contributed by atoms with E-state index in [0.717, 1.165) is 45.2 Å². The van der Waals surface area contributed by atoms with E-state index < -0.39 is 5.41 Å². The number of nitrogens with two attached hydrogens (primary N) is 1. The van der Waals surface area contributed by atoms with Crippen LogP contribution < -0.4 is 5.73 Å². The Labute approximate surface area is 115 Å². The molecular weight excluding hydrogens is 242 g/mol. The minimum absolute atomic E-state index is 0.0186. The SMILES string of the molecule is CN(CC(=O)N1CCCC1)C(=O)C1(C)CCCC1N. The maximum atomic E-state index is 12.5. The minimum Gasteiger partial charge on any atom is -0.341 e. The van der Waals surface area contributed by atoms with E-state index in [9.17, 15) is 9.59 Å². The fourth-order valence-electron chi connectivity index (χ4n) is 3.24. The zero-order valence-electron chi connectivity index (χ0n) is 12.0. The third-order valence-electron chi connectivity index (χ3n) is 4.70. The van der Waals surface area contributed by atoms with Crippen molar-refractivity contribution >= 4 is 11.8 Å². The van der Waals surface area contributed by atoms with Crippen LogP contribution in [0.2, 0.25) is 0 Å². The Morgan fingerprint density at radius 1 is 1.32 bits per heavy atom. The molecule has 0 spiro atoms. The summed E-state index contributed by atoms with van der Waals surface area (Å²) in [5, 5.41) is 0. The van der Waals surface area contributed by atoms with Crippen LogP contribution in [0.25, 0.3) is 0 Å². The molecule has 0 aromatic carbocycles. The molecule has 5 nitrogen and oxygen atoms in total. The molecule has 2 fully saturated rings. The highest BCUT2D eigenvalue weighted by molar-refractivity contribution is 5.88. The Hall–Kier alpha value is -1.10. The molecule has 1 aliphatic carbocycles. The number of carbonyl (C=O) groups excluding carboxylic acids is 2. The zero-order valence-corrected chi connectivity index (χ0v) is 12.0. The van der Waals surface area contributed by atoms with Crippen molar-refractivity contribution in [3.8, 4) is 0 Å². The average molecular weight is 267 g/mol. The van der Waals surface area contributed by atoms with E-state index in [4.69, 9.17) is 5.73 Å². The lowest BCUT2D eigenvalue weighted by Crippen LogP contribution is -2.50. The molecule has 1 saturated heterocycles. The predicted molar refractivity (Wildman–Crippen MR) is 73.4 cm³/mol. The van der Waals surface area contributed by atoms with Crippen molar-refractivity contribution in [1.29, 1.82) is 0 Å². The van der Waals surface area contributed by atoms with Crippen molar-refractivity contribution in [2.75, 3.05) is 26.7 Å². The van der Waals surface area contributed by atoms with Gasteiger partial charge >= 0.3 is 0 Å². The van der Waals surface area contributed by atoms with Crippen molar-refractivity contribution in [3.63, 3.8) is 0 Å². The Bertz CT molecular complexity index is 366. The summed E-state index contributed by atoms with van der Waals surface area (Å²) in [7, 11) is 1.71. The fourth-order valence-corrected chi connectivity index (χ4v) is 3.24. The topological polar surface area (TPSA) is 66.6 Å². The maximum absolute atomic E-state index is 12.5. The van der Waals surface area contributed by atoms with E-state index in [2.05, 4.69) is 0 Å². The highest BCUT2D eigenvalue weighted by Crippen LogP contribution is 2.38. The summed E-state index contributed by atoms with van der Waals surface area (Å²) in [5.74, 6) is 0.0774. The van der Waals surface area contributed by atoms with Gasteiger partial charge in [-0.3, -0.25) is 9.59 Å². The van der Waals surface area contributed by atoms with Gasteiger partial charge in [-0.1, -0.05) is 6.42 Å². The van der Waals surface area contributed by atoms with Crippen LogP contribution in [0.1, 0.15) is 39.0 Å². The Kier molecular flexibility index (Phi) is 4.13. The molecule has 1 heterocycles. The van der Waals surface area contributed by atoms with Gasteiger partial charge in [-0.25, -0.2) is 0 Å². The first-order valence-electron chi connectivity index (χ1n) is 7.24. The molecule has 2 aliphatic rings. The second kappa shape index (κ2) is 5.49. The second-order valence-electron chi connectivity index (χ2n) is 6.17. The third-order valence-corrected chi connectivity index (χ3v) is 4.70. The molecule has 2 rings (SSSR count). The van der Waals surface area contributed by atoms with E-state index in [0.29, 0.717) is 0 Å². The van der Waals surface area contributed by atoms with Gasteiger partial charge < -0.3 is 15.5 Å². The molecule has 5 heteroatoms. The Morgan fingerprint density at radius 3 is 2.47 bits per heavy atom. The standard InChI is InChI=1S/C14H25N3O2/c1-14(7-5-6-11(14)15)13(19)16(2)10-12(18)17-8-3-4-9-17/h11H,3-10,15H2,1-2H3.